The van der Waals surface area contributed by atoms with Crippen molar-refractivity contribution >= 4 is 42.2 Å². The molecule has 0 bridgehead atoms. The van der Waals surface area contributed by atoms with Crippen LogP contribution < -0.4 is 27.0 Å². The molecule has 0 aromatic carbocycles. The monoisotopic (exact) mass is 445 g/mol. The summed E-state index contributed by atoms with van der Waals surface area (Å²) in [5.74, 6) is -4.44. The SMILES string of the molecule is CCC(C)C(NC(=O)C(CC(N)=O)NC(=O)C(CS)NC(=O)C1CCCN1)C(=O)O. The van der Waals surface area contributed by atoms with Crippen LogP contribution in [-0.4, -0.2) is 71.2 Å². The van der Waals surface area contributed by atoms with Crippen LogP contribution in [0.1, 0.15) is 39.5 Å². The van der Waals surface area contributed by atoms with Gasteiger partial charge in [-0.2, -0.15) is 12.6 Å². The molecule has 0 saturated carbocycles. The Bertz CT molecular complexity index is 655. The number of carboxylic acids is 1. The third-order valence-electron chi connectivity index (χ3n) is 5.01. The fraction of sp³-hybridized carbons (Fsp3) is 0.722. The van der Waals surface area contributed by atoms with Crippen molar-refractivity contribution in [3.63, 3.8) is 0 Å². The van der Waals surface area contributed by atoms with E-state index < -0.39 is 54.3 Å². The Morgan fingerprint density at radius 3 is 2.23 bits per heavy atom. The van der Waals surface area contributed by atoms with Crippen LogP contribution in [0.25, 0.3) is 0 Å². The number of nitrogens with one attached hydrogen (secondary N) is 4. The van der Waals surface area contributed by atoms with Crippen molar-refractivity contribution in [1.82, 2.24) is 21.3 Å². The maximum atomic E-state index is 12.6. The molecule has 1 aliphatic rings. The van der Waals surface area contributed by atoms with Crippen LogP contribution in [0, 0.1) is 5.92 Å². The van der Waals surface area contributed by atoms with Gasteiger partial charge in [0.1, 0.15) is 18.1 Å². The molecule has 1 aliphatic heterocycles. The second kappa shape index (κ2) is 12.4. The van der Waals surface area contributed by atoms with Crippen molar-refractivity contribution in [2.45, 2.75) is 63.7 Å². The molecule has 1 fully saturated rings. The van der Waals surface area contributed by atoms with Crippen molar-refractivity contribution in [2.24, 2.45) is 11.7 Å². The lowest BCUT2D eigenvalue weighted by Gasteiger charge is -2.25. The number of nitrogens with two attached hydrogens (primary N) is 1. The molecular formula is C18H31N5O6S. The molecule has 0 aliphatic carbocycles. The van der Waals surface area contributed by atoms with Crippen molar-refractivity contribution in [3.8, 4) is 0 Å². The minimum absolute atomic E-state index is 0.0418. The van der Waals surface area contributed by atoms with Crippen molar-refractivity contribution < 1.29 is 29.1 Å². The van der Waals surface area contributed by atoms with Crippen molar-refractivity contribution in [2.75, 3.05) is 12.3 Å². The molecule has 12 heteroatoms. The highest BCUT2D eigenvalue weighted by Crippen LogP contribution is 2.09. The fourth-order valence-electron chi connectivity index (χ4n) is 2.99. The molecule has 7 N–H and O–H groups in total. The Hall–Kier alpha value is -2.34. The van der Waals surface area contributed by atoms with Gasteiger partial charge in [0.25, 0.3) is 0 Å². The van der Waals surface area contributed by atoms with Gasteiger partial charge in [-0.1, -0.05) is 20.3 Å². The van der Waals surface area contributed by atoms with Gasteiger partial charge < -0.3 is 32.1 Å². The number of hydrogen-bond donors (Lipinski definition) is 7. The fourth-order valence-corrected chi connectivity index (χ4v) is 3.25. The first-order valence-electron chi connectivity index (χ1n) is 9.87. The number of primary amides is 1. The molecule has 0 radical (unpaired) electrons. The van der Waals surface area contributed by atoms with Gasteiger partial charge in [-0.25, -0.2) is 4.79 Å². The van der Waals surface area contributed by atoms with E-state index >= 15 is 0 Å². The lowest BCUT2D eigenvalue weighted by Crippen LogP contribution is -2.58. The summed E-state index contributed by atoms with van der Waals surface area (Å²) in [6, 6.07) is -4.03. The Morgan fingerprint density at radius 1 is 1.13 bits per heavy atom. The largest absolute Gasteiger partial charge is 0.480 e. The normalized spacial score (nSPS) is 19.8. The summed E-state index contributed by atoms with van der Waals surface area (Å²) in [4.78, 5) is 60.2. The van der Waals surface area contributed by atoms with Crippen LogP contribution >= 0.6 is 12.6 Å². The van der Waals surface area contributed by atoms with E-state index in [4.69, 9.17) is 5.73 Å². The molecular weight excluding hydrogens is 414 g/mol. The lowest BCUT2D eigenvalue weighted by atomic mass is 9.98. The van der Waals surface area contributed by atoms with Crippen LogP contribution in [0.4, 0.5) is 0 Å². The smallest absolute Gasteiger partial charge is 0.326 e. The average molecular weight is 446 g/mol. The number of amides is 4. The molecule has 0 aromatic heterocycles. The molecule has 1 saturated heterocycles. The number of carbonyl (C=O) groups excluding carboxylic acids is 4. The highest BCUT2D eigenvalue weighted by Gasteiger charge is 2.32. The second-order valence-electron chi connectivity index (χ2n) is 7.33. The van der Waals surface area contributed by atoms with E-state index in [9.17, 15) is 29.1 Å². The quantitative estimate of drug-likeness (QED) is 0.172. The van der Waals surface area contributed by atoms with Crippen LogP contribution in [0.5, 0.6) is 0 Å². The standard InChI is InChI=1S/C18H31N5O6S/c1-3-9(2)14(18(28)29)23-16(26)11(7-13(19)24)21-17(27)12(8-30)22-15(25)10-5-4-6-20-10/h9-12,14,20,30H,3-8H2,1-2H3,(H2,19,24)(H,21,27)(H,22,25)(H,23,26)(H,28,29). The minimum atomic E-state index is -1.38. The summed E-state index contributed by atoms with van der Waals surface area (Å²) in [6.07, 6.45) is 1.46. The Labute approximate surface area is 180 Å². The van der Waals surface area contributed by atoms with Crippen LogP contribution in [0.15, 0.2) is 0 Å². The van der Waals surface area contributed by atoms with Gasteiger partial charge in [0.15, 0.2) is 0 Å². The summed E-state index contributed by atoms with van der Waals surface area (Å²) >= 11 is 4.07. The molecule has 170 valence electrons. The Kier molecular flexibility index (Phi) is 10.6. The molecule has 0 spiro atoms. The predicted octanol–water partition coefficient (Wildman–Crippen LogP) is -1.87. The third kappa shape index (κ3) is 7.82. The van der Waals surface area contributed by atoms with Crippen LogP contribution in [0.2, 0.25) is 0 Å². The summed E-state index contributed by atoms with van der Waals surface area (Å²) in [5, 5.41) is 19.6. The first kappa shape index (κ1) is 25.7. The van der Waals surface area contributed by atoms with E-state index in [0.717, 1.165) is 6.42 Å². The van der Waals surface area contributed by atoms with Crippen LogP contribution in [-0.2, 0) is 24.0 Å². The molecule has 11 nitrogen and oxygen atoms in total. The number of rotatable bonds is 12. The van der Waals surface area contributed by atoms with Gasteiger partial charge in [-0.05, 0) is 25.3 Å². The van der Waals surface area contributed by atoms with Gasteiger partial charge in [0, 0.05) is 5.75 Å². The van der Waals surface area contributed by atoms with E-state index in [2.05, 4.69) is 33.9 Å². The first-order chi connectivity index (χ1) is 14.1. The molecule has 0 aromatic rings. The van der Waals surface area contributed by atoms with Gasteiger partial charge in [-0.3, -0.25) is 19.2 Å². The summed E-state index contributed by atoms with van der Waals surface area (Å²) < 4.78 is 0. The number of aliphatic carboxylic acids is 1. The molecule has 4 amide bonds. The van der Waals surface area contributed by atoms with Gasteiger partial charge in [0.2, 0.25) is 23.6 Å². The van der Waals surface area contributed by atoms with E-state index in [1.54, 1.807) is 13.8 Å². The molecule has 5 atom stereocenters. The summed E-state index contributed by atoms with van der Waals surface area (Å²) in [7, 11) is 0. The van der Waals surface area contributed by atoms with E-state index in [1.807, 2.05) is 0 Å². The van der Waals surface area contributed by atoms with E-state index in [0.29, 0.717) is 19.4 Å². The number of thiol groups is 1. The summed E-state index contributed by atoms with van der Waals surface area (Å²) in [5.41, 5.74) is 5.18. The molecule has 1 heterocycles. The zero-order chi connectivity index (χ0) is 22.8. The van der Waals surface area contributed by atoms with E-state index in [1.165, 1.54) is 0 Å². The number of hydrogen-bond acceptors (Lipinski definition) is 7. The average Bonchev–Trinajstić information content (AvgIpc) is 3.22. The van der Waals surface area contributed by atoms with Crippen LogP contribution in [0.3, 0.4) is 0 Å². The highest BCUT2D eigenvalue weighted by molar-refractivity contribution is 7.80. The molecule has 1 rings (SSSR count). The topological polar surface area (TPSA) is 180 Å². The maximum Gasteiger partial charge on any atom is 0.326 e. The summed E-state index contributed by atoms with van der Waals surface area (Å²) in [6.45, 7) is 4.14. The zero-order valence-corrected chi connectivity index (χ0v) is 18.0. The minimum Gasteiger partial charge on any atom is -0.480 e. The zero-order valence-electron chi connectivity index (χ0n) is 17.1. The van der Waals surface area contributed by atoms with Crippen molar-refractivity contribution in [1.29, 1.82) is 0 Å². The number of carboxylic acid groups (broad SMARTS) is 1. The Morgan fingerprint density at radius 2 is 1.77 bits per heavy atom. The second-order valence-corrected chi connectivity index (χ2v) is 7.70. The molecule has 5 unspecified atom stereocenters. The first-order valence-corrected chi connectivity index (χ1v) is 10.5. The van der Waals surface area contributed by atoms with E-state index in [-0.39, 0.29) is 17.6 Å². The van der Waals surface area contributed by atoms with Gasteiger partial charge >= 0.3 is 5.97 Å². The maximum absolute atomic E-state index is 12.6. The predicted molar refractivity (Wildman–Crippen MR) is 112 cm³/mol. The van der Waals surface area contributed by atoms with Gasteiger partial charge in [-0.15, -0.1) is 0 Å². The third-order valence-corrected chi connectivity index (χ3v) is 5.37. The highest BCUT2D eigenvalue weighted by atomic mass is 32.1. The van der Waals surface area contributed by atoms with Gasteiger partial charge in [0.05, 0.1) is 12.5 Å². The van der Waals surface area contributed by atoms with Crippen molar-refractivity contribution in [3.05, 3.63) is 0 Å². The molecule has 30 heavy (non-hydrogen) atoms. The lowest BCUT2D eigenvalue weighted by molar-refractivity contribution is -0.144. The Balaban J connectivity index is 2.84. The number of carbonyl (C=O) groups is 5.